The fourth-order valence-corrected chi connectivity index (χ4v) is 2.98. The summed E-state index contributed by atoms with van der Waals surface area (Å²) in [4.78, 5) is 12.2. The van der Waals surface area contributed by atoms with Crippen LogP contribution in [-0.2, 0) is 15.6 Å². The van der Waals surface area contributed by atoms with Crippen LogP contribution in [0.25, 0.3) is 0 Å². The van der Waals surface area contributed by atoms with Crippen LogP contribution in [0, 0.1) is 11.3 Å². The minimum atomic E-state index is -4.54. The molecule has 0 saturated heterocycles. The zero-order valence-corrected chi connectivity index (χ0v) is 13.1. The Hall–Kier alpha value is -1.17. The number of carbonyl (C=O) groups is 1. The average Bonchev–Trinajstić information content (AvgIpc) is 2.36. The van der Waals surface area contributed by atoms with Gasteiger partial charge < -0.3 is 0 Å². The Kier molecular flexibility index (Phi) is 5.73. The molecule has 118 valence electrons. The molecular weight excluding hydrogens is 301 g/mol. The summed E-state index contributed by atoms with van der Waals surface area (Å²) in [5.41, 5.74) is -0.836. The summed E-state index contributed by atoms with van der Waals surface area (Å²) in [6.45, 7) is 4.74. The van der Waals surface area contributed by atoms with Crippen LogP contribution in [0.5, 0.6) is 0 Å². The fourth-order valence-electron chi connectivity index (χ4n) is 1.65. The molecule has 21 heavy (non-hydrogen) atoms. The first kappa shape index (κ1) is 17.9. The van der Waals surface area contributed by atoms with Gasteiger partial charge in [0, 0.05) is 22.5 Å². The van der Waals surface area contributed by atoms with Gasteiger partial charge in [-0.3, -0.25) is 9.00 Å². The van der Waals surface area contributed by atoms with Gasteiger partial charge in [0.2, 0.25) is 0 Å². The van der Waals surface area contributed by atoms with Gasteiger partial charge in [-0.25, -0.2) is 0 Å². The number of halogens is 3. The molecule has 0 fully saturated rings. The van der Waals surface area contributed by atoms with Gasteiger partial charge in [-0.15, -0.1) is 0 Å². The Balaban J connectivity index is 2.86. The number of hydrogen-bond acceptors (Lipinski definition) is 2. The van der Waals surface area contributed by atoms with Crippen molar-refractivity contribution in [2.75, 3.05) is 5.75 Å². The third-order valence-electron chi connectivity index (χ3n) is 3.09. The van der Waals surface area contributed by atoms with E-state index in [0.717, 1.165) is 0 Å². The molecule has 0 aromatic heterocycles. The van der Waals surface area contributed by atoms with Crippen LogP contribution in [0.3, 0.4) is 0 Å². The summed E-state index contributed by atoms with van der Waals surface area (Å²) in [6.07, 6.45) is -5.17. The monoisotopic (exact) mass is 320 g/mol. The Morgan fingerprint density at radius 2 is 1.67 bits per heavy atom. The molecule has 0 spiro atoms. The van der Waals surface area contributed by atoms with Crippen molar-refractivity contribution in [3.05, 3.63) is 30.3 Å². The van der Waals surface area contributed by atoms with Gasteiger partial charge in [0.25, 0.3) is 0 Å². The average molecular weight is 320 g/mol. The molecule has 2 nitrogen and oxygen atoms in total. The first-order chi connectivity index (χ1) is 9.51. The second-order valence-corrected chi connectivity index (χ2v) is 7.44. The quantitative estimate of drug-likeness (QED) is 0.822. The number of Topliss-reactive ketones (excluding diaryl/α,β-unsaturated/α-hetero) is 1. The number of carbonyl (C=O) groups excluding carboxylic acids is 1. The number of hydrogen-bond donors (Lipinski definition) is 0. The van der Waals surface area contributed by atoms with Crippen LogP contribution in [0.1, 0.15) is 27.2 Å². The van der Waals surface area contributed by atoms with E-state index in [1.54, 1.807) is 39.0 Å². The maximum Gasteiger partial charge on any atom is 0.393 e. The normalized spacial score (nSPS) is 15.5. The highest BCUT2D eigenvalue weighted by atomic mass is 32.2. The van der Waals surface area contributed by atoms with E-state index in [2.05, 4.69) is 0 Å². The lowest BCUT2D eigenvalue weighted by Gasteiger charge is -2.23. The molecule has 1 aromatic carbocycles. The second kappa shape index (κ2) is 6.73. The Morgan fingerprint density at radius 1 is 1.14 bits per heavy atom. The predicted molar refractivity (Wildman–Crippen MR) is 76.3 cm³/mol. The van der Waals surface area contributed by atoms with Gasteiger partial charge >= 0.3 is 6.18 Å². The molecule has 1 rings (SSSR count). The molecule has 1 aromatic rings. The van der Waals surface area contributed by atoms with Crippen LogP contribution in [0.2, 0.25) is 0 Å². The van der Waals surface area contributed by atoms with Crippen molar-refractivity contribution in [1.29, 1.82) is 0 Å². The van der Waals surface area contributed by atoms with Crippen molar-refractivity contribution in [1.82, 2.24) is 0 Å². The smallest absolute Gasteiger partial charge is 0.299 e. The third kappa shape index (κ3) is 5.61. The van der Waals surface area contributed by atoms with E-state index in [-0.39, 0.29) is 0 Å². The first-order valence-electron chi connectivity index (χ1n) is 6.55. The van der Waals surface area contributed by atoms with E-state index in [1.807, 2.05) is 0 Å². The molecule has 0 aliphatic rings. The summed E-state index contributed by atoms with van der Waals surface area (Å²) in [5.74, 6) is -2.95. The van der Waals surface area contributed by atoms with E-state index in [1.165, 1.54) is 12.1 Å². The van der Waals surface area contributed by atoms with E-state index >= 15 is 0 Å². The van der Waals surface area contributed by atoms with Crippen LogP contribution < -0.4 is 0 Å². The van der Waals surface area contributed by atoms with E-state index in [9.17, 15) is 22.2 Å². The topological polar surface area (TPSA) is 34.1 Å². The van der Waals surface area contributed by atoms with Crippen molar-refractivity contribution in [3.8, 4) is 0 Å². The van der Waals surface area contributed by atoms with E-state index in [4.69, 9.17) is 0 Å². The van der Waals surface area contributed by atoms with Gasteiger partial charge in [-0.05, 0) is 12.1 Å². The fraction of sp³-hybridized carbons (Fsp3) is 0.533. The molecule has 2 atom stereocenters. The van der Waals surface area contributed by atoms with Gasteiger partial charge in [-0.2, -0.15) is 13.2 Å². The van der Waals surface area contributed by atoms with Crippen molar-refractivity contribution in [3.63, 3.8) is 0 Å². The summed E-state index contributed by atoms with van der Waals surface area (Å²) < 4.78 is 51.2. The third-order valence-corrected chi connectivity index (χ3v) is 4.59. The zero-order valence-electron chi connectivity index (χ0n) is 12.2. The van der Waals surface area contributed by atoms with Crippen LogP contribution in [0.4, 0.5) is 13.2 Å². The van der Waals surface area contributed by atoms with Crippen molar-refractivity contribution in [2.45, 2.75) is 38.3 Å². The zero-order chi connectivity index (χ0) is 16.3. The molecule has 0 aliphatic carbocycles. The molecule has 0 saturated carbocycles. The highest BCUT2D eigenvalue weighted by molar-refractivity contribution is 7.85. The SMILES string of the molecule is CC(C)(C)C(=O)CC(CS(=O)c1ccccc1)C(F)(F)F. The number of benzene rings is 1. The predicted octanol–water partition coefficient (Wildman–Crippen LogP) is 3.98. The van der Waals surface area contributed by atoms with E-state index < -0.39 is 46.3 Å². The van der Waals surface area contributed by atoms with Crippen molar-refractivity contribution in [2.24, 2.45) is 11.3 Å². The molecular formula is C15H19F3O2S. The number of ketones is 1. The second-order valence-electron chi connectivity index (χ2n) is 5.94. The molecule has 6 heteroatoms. The summed E-state index contributed by atoms with van der Waals surface area (Å²) in [7, 11) is -1.78. The molecule has 0 heterocycles. The minimum absolute atomic E-state index is 0.343. The van der Waals surface area contributed by atoms with Crippen LogP contribution >= 0.6 is 0 Å². The first-order valence-corrected chi connectivity index (χ1v) is 7.87. The van der Waals surface area contributed by atoms with Crippen LogP contribution in [0.15, 0.2) is 35.2 Å². The molecule has 0 amide bonds. The van der Waals surface area contributed by atoms with Gasteiger partial charge in [0.15, 0.2) is 0 Å². The lowest BCUT2D eigenvalue weighted by atomic mass is 9.85. The van der Waals surface area contributed by atoms with Gasteiger partial charge in [-0.1, -0.05) is 39.0 Å². The Labute approximate surface area is 125 Å². The molecule has 2 unspecified atom stereocenters. The molecule has 0 N–H and O–H groups in total. The van der Waals surface area contributed by atoms with E-state index in [0.29, 0.717) is 4.90 Å². The van der Waals surface area contributed by atoms with Crippen molar-refractivity contribution < 1.29 is 22.2 Å². The summed E-state index contributed by atoms with van der Waals surface area (Å²) in [6, 6.07) is 7.99. The van der Waals surface area contributed by atoms with Crippen LogP contribution in [-0.4, -0.2) is 21.9 Å². The maximum atomic E-state index is 13.1. The largest absolute Gasteiger partial charge is 0.393 e. The minimum Gasteiger partial charge on any atom is -0.299 e. The summed E-state index contributed by atoms with van der Waals surface area (Å²) in [5, 5.41) is 0. The summed E-state index contributed by atoms with van der Waals surface area (Å²) >= 11 is 0. The molecule has 0 radical (unpaired) electrons. The maximum absolute atomic E-state index is 13.1. The Morgan fingerprint density at radius 3 is 2.10 bits per heavy atom. The molecule has 0 aliphatic heterocycles. The highest BCUT2D eigenvalue weighted by Crippen LogP contribution is 2.33. The Bertz CT molecular complexity index is 504. The number of rotatable bonds is 5. The standard InChI is InChI=1S/C15H19F3O2S/c1-14(2,3)13(19)9-11(15(16,17)18)10-21(20)12-7-5-4-6-8-12/h4-8,11H,9-10H2,1-3H3. The highest BCUT2D eigenvalue weighted by Gasteiger charge is 2.43. The van der Waals surface area contributed by atoms with Gasteiger partial charge in [0.1, 0.15) is 5.78 Å². The van der Waals surface area contributed by atoms with Crippen molar-refractivity contribution >= 4 is 16.6 Å². The number of alkyl halides is 3. The lowest BCUT2D eigenvalue weighted by molar-refractivity contribution is -0.174. The van der Waals surface area contributed by atoms with Gasteiger partial charge in [0.05, 0.1) is 16.7 Å². The molecule has 0 bridgehead atoms. The lowest BCUT2D eigenvalue weighted by Crippen LogP contribution is -2.33.